The highest BCUT2D eigenvalue weighted by molar-refractivity contribution is 6.32. The van der Waals surface area contributed by atoms with Crippen molar-refractivity contribution in [2.75, 3.05) is 19.2 Å². The smallest absolute Gasteiger partial charge is 0.263 e. The molecule has 2 N–H and O–H groups in total. The first-order valence-electron chi connectivity index (χ1n) is 7.98. The molecule has 1 heterocycles. The summed E-state index contributed by atoms with van der Waals surface area (Å²) in [6.45, 7) is 0.441. The first-order valence-corrected chi connectivity index (χ1v) is 8.35. The third kappa shape index (κ3) is 4.43. The van der Waals surface area contributed by atoms with Crippen LogP contribution in [0.4, 0.5) is 5.69 Å². The Morgan fingerprint density at radius 3 is 2.85 bits per heavy atom. The Balaban J connectivity index is 1.61. The average molecular weight is 386 g/mol. The van der Waals surface area contributed by atoms with Crippen LogP contribution in [-0.4, -0.2) is 19.8 Å². The van der Waals surface area contributed by atoms with Crippen molar-refractivity contribution in [1.82, 2.24) is 5.32 Å². The quantitative estimate of drug-likeness (QED) is 0.586. The number of halogens is 1. The minimum atomic E-state index is -0.498. The molecule has 0 saturated heterocycles. The van der Waals surface area contributed by atoms with Crippen LogP contribution in [0, 0.1) is 11.3 Å². The molecule has 0 unspecified atom stereocenters. The molecule has 0 spiro atoms. The number of nitrogens with one attached hydrogen (secondary N) is 2. The van der Waals surface area contributed by atoms with E-state index in [9.17, 15) is 10.1 Å². The van der Waals surface area contributed by atoms with Crippen molar-refractivity contribution in [3.63, 3.8) is 0 Å². The number of carbonyl (C=O) groups excluding carboxylic acids is 1. The van der Waals surface area contributed by atoms with Gasteiger partial charge in [0.25, 0.3) is 5.91 Å². The molecular formula is C19H16ClN3O4. The SMILES string of the molecule is COc1ccc(N/C=C(/C#N)C(=O)NCc2ccc3c(c2)OCO3)cc1Cl. The number of ether oxygens (including phenoxy) is 3. The zero-order chi connectivity index (χ0) is 19.2. The molecule has 0 fully saturated rings. The molecule has 0 saturated carbocycles. The lowest BCUT2D eigenvalue weighted by atomic mass is 10.2. The Morgan fingerprint density at radius 2 is 2.11 bits per heavy atom. The van der Waals surface area contributed by atoms with Crippen LogP contribution in [0.25, 0.3) is 0 Å². The summed E-state index contributed by atoms with van der Waals surface area (Å²) >= 11 is 6.05. The van der Waals surface area contributed by atoms with Gasteiger partial charge in [-0.15, -0.1) is 0 Å². The summed E-state index contributed by atoms with van der Waals surface area (Å²) in [6, 6.07) is 12.3. The highest BCUT2D eigenvalue weighted by Crippen LogP contribution is 2.32. The third-order valence-electron chi connectivity index (χ3n) is 3.79. The van der Waals surface area contributed by atoms with Gasteiger partial charge in [-0.2, -0.15) is 5.26 Å². The number of methoxy groups -OCH3 is 1. The summed E-state index contributed by atoms with van der Waals surface area (Å²) in [5.41, 5.74) is 1.39. The minimum Gasteiger partial charge on any atom is -0.495 e. The monoisotopic (exact) mass is 385 g/mol. The number of hydrogen-bond acceptors (Lipinski definition) is 6. The van der Waals surface area contributed by atoms with Gasteiger partial charge in [-0.3, -0.25) is 4.79 Å². The molecule has 138 valence electrons. The van der Waals surface area contributed by atoms with Gasteiger partial charge in [0.1, 0.15) is 17.4 Å². The molecule has 2 aromatic rings. The van der Waals surface area contributed by atoms with E-state index in [-0.39, 0.29) is 18.9 Å². The van der Waals surface area contributed by atoms with Gasteiger partial charge in [-0.05, 0) is 35.9 Å². The summed E-state index contributed by atoms with van der Waals surface area (Å²) in [4.78, 5) is 12.2. The number of carbonyl (C=O) groups is 1. The van der Waals surface area contributed by atoms with Gasteiger partial charge >= 0.3 is 0 Å². The Bertz CT molecular complexity index is 937. The Hall–Kier alpha value is -3.37. The van der Waals surface area contributed by atoms with Crippen LogP contribution in [0.1, 0.15) is 5.56 Å². The normalized spacial score (nSPS) is 12.3. The molecule has 27 heavy (non-hydrogen) atoms. The molecule has 0 bridgehead atoms. The summed E-state index contributed by atoms with van der Waals surface area (Å²) in [5.74, 6) is 1.34. The van der Waals surface area contributed by atoms with Gasteiger partial charge in [0.15, 0.2) is 11.5 Å². The largest absolute Gasteiger partial charge is 0.495 e. The maximum absolute atomic E-state index is 12.2. The summed E-state index contributed by atoms with van der Waals surface area (Å²) in [7, 11) is 1.52. The van der Waals surface area contributed by atoms with Gasteiger partial charge in [-0.1, -0.05) is 17.7 Å². The number of nitrogens with zero attached hydrogens (tertiary/aromatic N) is 1. The van der Waals surface area contributed by atoms with Crippen molar-refractivity contribution < 1.29 is 19.0 Å². The molecule has 3 rings (SSSR count). The van der Waals surface area contributed by atoms with E-state index in [1.165, 1.54) is 13.3 Å². The third-order valence-corrected chi connectivity index (χ3v) is 4.09. The summed E-state index contributed by atoms with van der Waals surface area (Å²) in [5, 5.41) is 15.2. The van der Waals surface area contributed by atoms with E-state index in [0.717, 1.165) is 5.56 Å². The molecule has 8 heteroatoms. The molecule has 0 atom stereocenters. The molecule has 1 aliphatic heterocycles. The van der Waals surface area contributed by atoms with Crippen molar-refractivity contribution in [1.29, 1.82) is 5.26 Å². The fourth-order valence-electron chi connectivity index (χ4n) is 2.39. The number of amides is 1. The van der Waals surface area contributed by atoms with Gasteiger partial charge in [-0.25, -0.2) is 0 Å². The average Bonchev–Trinajstić information content (AvgIpc) is 3.14. The number of hydrogen-bond donors (Lipinski definition) is 2. The Morgan fingerprint density at radius 1 is 1.30 bits per heavy atom. The predicted molar refractivity (Wildman–Crippen MR) is 99.7 cm³/mol. The number of anilines is 1. The standard InChI is InChI=1S/C19H16ClN3O4/c1-25-16-5-3-14(7-15(16)20)22-10-13(8-21)19(24)23-9-12-2-4-17-18(6-12)27-11-26-17/h2-7,10,22H,9,11H2,1H3,(H,23,24)/b13-10-. The molecule has 0 aliphatic carbocycles. The summed E-state index contributed by atoms with van der Waals surface area (Å²) in [6.07, 6.45) is 1.33. The maximum Gasteiger partial charge on any atom is 0.263 e. The molecule has 1 aliphatic rings. The lowest BCUT2D eigenvalue weighted by molar-refractivity contribution is -0.117. The maximum atomic E-state index is 12.2. The van der Waals surface area contributed by atoms with Crippen LogP contribution < -0.4 is 24.8 Å². The first-order chi connectivity index (χ1) is 13.1. The molecule has 1 amide bonds. The number of rotatable bonds is 6. The van der Waals surface area contributed by atoms with Gasteiger partial charge in [0.2, 0.25) is 6.79 Å². The minimum absolute atomic E-state index is 0.0670. The van der Waals surface area contributed by atoms with E-state index >= 15 is 0 Å². The highest BCUT2D eigenvalue weighted by Gasteiger charge is 2.14. The Kier molecular flexibility index (Phi) is 5.69. The zero-order valence-corrected chi connectivity index (χ0v) is 15.2. The predicted octanol–water partition coefficient (Wildman–Crippen LogP) is 3.21. The van der Waals surface area contributed by atoms with E-state index in [2.05, 4.69) is 10.6 Å². The second kappa shape index (κ2) is 8.34. The van der Waals surface area contributed by atoms with Crippen LogP contribution in [-0.2, 0) is 11.3 Å². The van der Waals surface area contributed by atoms with Crippen LogP contribution in [0.15, 0.2) is 48.2 Å². The lowest BCUT2D eigenvalue weighted by Crippen LogP contribution is -2.24. The molecular weight excluding hydrogens is 370 g/mol. The van der Waals surface area contributed by atoms with Crippen molar-refractivity contribution in [3.05, 3.63) is 58.8 Å². The fraction of sp³-hybridized carbons (Fsp3) is 0.158. The van der Waals surface area contributed by atoms with Gasteiger partial charge in [0.05, 0.1) is 12.1 Å². The zero-order valence-electron chi connectivity index (χ0n) is 14.4. The topological polar surface area (TPSA) is 92.6 Å². The molecule has 0 radical (unpaired) electrons. The van der Waals surface area contributed by atoms with Crippen LogP contribution >= 0.6 is 11.6 Å². The number of benzene rings is 2. The van der Waals surface area contributed by atoms with Gasteiger partial charge in [0, 0.05) is 18.4 Å². The Labute approximate surface area is 161 Å². The second-order valence-electron chi connectivity index (χ2n) is 5.53. The van der Waals surface area contributed by atoms with E-state index in [1.54, 1.807) is 30.3 Å². The molecule has 0 aromatic heterocycles. The van der Waals surface area contributed by atoms with Crippen molar-refractivity contribution in [2.24, 2.45) is 0 Å². The van der Waals surface area contributed by atoms with E-state index in [0.29, 0.717) is 28.0 Å². The van der Waals surface area contributed by atoms with Crippen LogP contribution in [0.2, 0.25) is 5.02 Å². The first kappa shape index (κ1) is 18.4. The van der Waals surface area contributed by atoms with Gasteiger partial charge < -0.3 is 24.8 Å². The fourth-order valence-corrected chi connectivity index (χ4v) is 2.65. The van der Waals surface area contributed by atoms with Crippen molar-refractivity contribution in [3.8, 4) is 23.3 Å². The lowest BCUT2D eigenvalue weighted by Gasteiger charge is -2.07. The highest BCUT2D eigenvalue weighted by atomic mass is 35.5. The van der Waals surface area contributed by atoms with Crippen molar-refractivity contribution in [2.45, 2.75) is 6.54 Å². The summed E-state index contributed by atoms with van der Waals surface area (Å²) < 4.78 is 15.6. The van der Waals surface area contributed by atoms with E-state index < -0.39 is 5.91 Å². The van der Waals surface area contributed by atoms with Crippen molar-refractivity contribution >= 4 is 23.2 Å². The van der Waals surface area contributed by atoms with Crippen LogP contribution in [0.3, 0.4) is 0 Å². The second-order valence-corrected chi connectivity index (χ2v) is 5.94. The molecule has 7 nitrogen and oxygen atoms in total. The molecule has 2 aromatic carbocycles. The number of fused-ring (bicyclic) bond motifs is 1. The van der Waals surface area contributed by atoms with Crippen LogP contribution in [0.5, 0.6) is 17.2 Å². The van der Waals surface area contributed by atoms with E-state index in [1.807, 2.05) is 12.1 Å². The number of nitriles is 1. The van der Waals surface area contributed by atoms with E-state index in [4.69, 9.17) is 25.8 Å².